The van der Waals surface area contributed by atoms with Crippen molar-refractivity contribution in [2.45, 2.75) is 45.2 Å². The van der Waals surface area contributed by atoms with E-state index in [0.29, 0.717) is 34.0 Å². The Morgan fingerprint density at radius 1 is 1.03 bits per heavy atom. The molecule has 166 valence electrons. The summed E-state index contributed by atoms with van der Waals surface area (Å²) in [5, 5.41) is 7.01. The van der Waals surface area contributed by atoms with Crippen molar-refractivity contribution in [3.8, 4) is 11.5 Å². The van der Waals surface area contributed by atoms with Crippen LogP contribution in [0.4, 0.5) is 5.00 Å². The van der Waals surface area contributed by atoms with Crippen molar-refractivity contribution in [1.82, 2.24) is 5.32 Å². The standard InChI is InChI=1S/C25H27N3O3S/c1-24(2)14-17-19(21(26)29)23(32-20(17)25(3,4)28-24)27-22(30)16-12-8-9-13-18(16)31-15-10-6-5-7-11-15/h5-13,28H,14H2,1-4H3,(H2,26,29)(H,27,30). The average molecular weight is 450 g/mol. The molecule has 32 heavy (non-hydrogen) atoms. The summed E-state index contributed by atoms with van der Waals surface area (Å²) in [6.45, 7) is 8.33. The molecule has 2 amide bonds. The number of hydrogen-bond acceptors (Lipinski definition) is 5. The molecule has 3 aromatic rings. The molecule has 1 aromatic heterocycles. The van der Waals surface area contributed by atoms with Gasteiger partial charge in [-0.3, -0.25) is 9.59 Å². The van der Waals surface area contributed by atoms with Gasteiger partial charge in [-0.25, -0.2) is 0 Å². The number of rotatable bonds is 5. The van der Waals surface area contributed by atoms with Crippen LogP contribution in [-0.2, 0) is 12.0 Å². The topological polar surface area (TPSA) is 93.4 Å². The van der Waals surface area contributed by atoms with Gasteiger partial charge in [0.15, 0.2) is 0 Å². The van der Waals surface area contributed by atoms with Gasteiger partial charge in [-0.15, -0.1) is 11.3 Å². The van der Waals surface area contributed by atoms with Gasteiger partial charge >= 0.3 is 0 Å². The lowest BCUT2D eigenvalue weighted by atomic mass is 9.81. The molecule has 0 saturated carbocycles. The van der Waals surface area contributed by atoms with E-state index in [9.17, 15) is 9.59 Å². The third-order valence-corrected chi connectivity index (χ3v) is 6.89. The van der Waals surface area contributed by atoms with Gasteiger partial charge in [0.05, 0.1) is 11.1 Å². The fourth-order valence-electron chi connectivity index (χ4n) is 4.41. The fraction of sp³-hybridized carbons (Fsp3) is 0.280. The second-order valence-electron chi connectivity index (χ2n) is 9.15. The number of nitrogens with two attached hydrogens (primary N) is 1. The molecule has 2 heterocycles. The summed E-state index contributed by atoms with van der Waals surface area (Å²) in [5.41, 5.74) is 6.88. The molecular formula is C25H27N3O3S. The average Bonchev–Trinajstić information content (AvgIpc) is 3.06. The van der Waals surface area contributed by atoms with Gasteiger partial charge in [0.1, 0.15) is 16.5 Å². The minimum Gasteiger partial charge on any atom is -0.457 e. The molecule has 2 aromatic carbocycles. The zero-order valence-corrected chi connectivity index (χ0v) is 19.4. The SMILES string of the molecule is CC1(C)Cc2c(sc(NC(=O)c3ccccc3Oc3ccccc3)c2C(N)=O)C(C)(C)N1. The number of amides is 2. The molecule has 0 aliphatic carbocycles. The van der Waals surface area contributed by atoms with Crippen molar-refractivity contribution in [2.75, 3.05) is 5.32 Å². The van der Waals surface area contributed by atoms with Gasteiger partial charge in [0, 0.05) is 16.0 Å². The summed E-state index contributed by atoms with van der Waals surface area (Å²) in [5.74, 6) is 0.163. The lowest BCUT2D eigenvalue weighted by Crippen LogP contribution is -2.55. The van der Waals surface area contributed by atoms with Crippen LogP contribution in [0.25, 0.3) is 0 Å². The monoisotopic (exact) mass is 449 g/mol. The molecule has 0 spiro atoms. The van der Waals surface area contributed by atoms with E-state index in [-0.39, 0.29) is 17.0 Å². The molecule has 1 aliphatic rings. The number of anilines is 1. The highest BCUT2D eigenvalue weighted by atomic mass is 32.1. The summed E-state index contributed by atoms with van der Waals surface area (Å²) >= 11 is 1.39. The molecule has 1 aliphatic heterocycles. The number of para-hydroxylation sites is 2. The molecular weight excluding hydrogens is 422 g/mol. The highest BCUT2D eigenvalue weighted by Gasteiger charge is 2.41. The zero-order valence-electron chi connectivity index (χ0n) is 18.6. The van der Waals surface area contributed by atoms with Crippen molar-refractivity contribution in [2.24, 2.45) is 5.73 Å². The first-order chi connectivity index (χ1) is 15.1. The number of nitrogens with one attached hydrogen (secondary N) is 2. The second kappa shape index (κ2) is 8.07. The number of fused-ring (bicyclic) bond motifs is 1. The van der Waals surface area contributed by atoms with Crippen LogP contribution in [0.1, 0.15) is 58.9 Å². The summed E-state index contributed by atoms with van der Waals surface area (Å²) in [6.07, 6.45) is 0.643. The molecule has 0 fully saturated rings. The summed E-state index contributed by atoms with van der Waals surface area (Å²) in [4.78, 5) is 26.7. The van der Waals surface area contributed by atoms with Crippen LogP contribution < -0.4 is 21.1 Å². The molecule has 7 heteroatoms. The summed E-state index contributed by atoms with van der Waals surface area (Å²) in [7, 11) is 0. The first-order valence-corrected chi connectivity index (χ1v) is 11.3. The van der Waals surface area contributed by atoms with E-state index < -0.39 is 5.91 Å². The van der Waals surface area contributed by atoms with E-state index in [0.717, 1.165) is 10.4 Å². The summed E-state index contributed by atoms with van der Waals surface area (Å²) in [6, 6.07) is 16.3. The van der Waals surface area contributed by atoms with Crippen molar-refractivity contribution in [1.29, 1.82) is 0 Å². The summed E-state index contributed by atoms with van der Waals surface area (Å²) < 4.78 is 5.93. The van der Waals surface area contributed by atoms with Crippen LogP contribution in [-0.4, -0.2) is 17.4 Å². The Labute approximate surface area is 191 Å². The van der Waals surface area contributed by atoms with Crippen LogP contribution in [0.15, 0.2) is 54.6 Å². The third kappa shape index (κ3) is 4.26. The first kappa shape index (κ1) is 22.0. The molecule has 0 bridgehead atoms. The maximum atomic E-state index is 13.2. The van der Waals surface area contributed by atoms with Crippen molar-refractivity contribution < 1.29 is 14.3 Å². The lowest BCUT2D eigenvalue weighted by molar-refractivity contribution is 0.0999. The van der Waals surface area contributed by atoms with Gasteiger partial charge in [0.25, 0.3) is 11.8 Å². The lowest BCUT2D eigenvalue weighted by Gasteiger charge is -2.42. The second-order valence-corrected chi connectivity index (χ2v) is 10.2. The molecule has 4 N–H and O–H groups in total. The zero-order chi connectivity index (χ0) is 23.1. The highest BCUT2D eigenvalue weighted by molar-refractivity contribution is 7.17. The van der Waals surface area contributed by atoms with Crippen LogP contribution >= 0.6 is 11.3 Å². The van der Waals surface area contributed by atoms with Crippen LogP contribution in [0.2, 0.25) is 0 Å². The maximum absolute atomic E-state index is 13.2. The van der Waals surface area contributed by atoms with E-state index in [2.05, 4.69) is 38.3 Å². The molecule has 4 rings (SSSR count). The largest absolute Gasteiger partial charge is 0.457 e. The fourth-order valence-corrected chi connectivity index (χ4v) is 5.68. The van der Waals surface area contributed by atoms with E-state index in [1.54, 1.807) is 18.2 Å². The Balaban J connectivity index is 1.70. The smallest absolute Gasteiger partial charge is 0.260 e. The minimum atomic E-state index is -0.542. The third-order valence-electron chi connectivity index (χ3n) is 5.42. The predicted molar refractivity (Wildman–Crippen MR) is 128 cm³/mol. The van der Waals surface area contributed by atoms with Gasteiger partial charge < -0.3 is 21.1 Å². The Morgan fingerprint density at radius 3 is 2.38 bits per heavy atom. The molecule has 0 saturated heterocycles. The number of carbonyl (C=O) groups is 2. The number of carbonyl (C=O) groups excluding carboxylic acids is 2. The van der Waals surface area contributed by atoms with Crippen molar-refractivity contribution in [3.63, 3.8) is 0 Å². The Bertz CT molecular complexity index is 1180. The number of primary amides is 1. The van der Waals surface area contributed by atoms with E-state index in [4.69, 9.17) is 10.5 Å². The Hall–Kier alpha value is -3.16. The van der Waals surface area contributed by atoms with Crippen LogP contribution in [0.5, 0.6) is 11.5 Å². The highest BCUT2D eigenvalue weighted by Crippen LogP contribution is 2.45. The van der Waals surface area contributed by atoms with Gasteiger partial charge in [-0.05, 0) is 63.9 Å². The minimum absolute atomic E-state index is 0.209. The van der Waals surface area contributed by atoms with E-state index in [1.807, 2.05) is 36.4 Å². The van der Waals surface area contributed by atoms with E-state index >= 15 is 0 Å². The van der Waals surface area contributed by atoms with Gasteiger partial charge in [-0.2, -0.15) is 0 Å². The quantitative estimate of drug-likeness (QED) is 0.508. The van der Waals surface area contributed by atoms with Crippen LogP contribution in [0.3, 0.4) is 0 Å². The molecule has 6 nitrogen and oxygen atoms in total. The number of ether oxygens (including phenoxy) is 1. The maximum Gasteiger partial charge on any atom is 0.260 e. The van der Waals surface area contributed by atoms with E-state index in [1.165, 1.54) is 11.3 Å². The van der Waals surface area contributed by atoms with Gasteiger partial charge in [0.2, 0.25) is 0 Å². The predicted octanol–water partition coefficient (Wildman–Crippen LogP) is 5.05. The Morgan fingerprint density at radius 2 is 1.69 bits per heavy atom. The Kier molecular flexibility index (Phi) is 5.56. The van der Waals surface area contributed by atoms with Gasteiger partial charge in [-0.1, -0.05) is 30.3 Å². The van der Waals surface area contributed by atoms with Crippen molar-refractivity contribution in [3.05, 3.63) is 76.2 Å². The van der Waals surface area contributed by atoms with Crippen molar-refractivity contribution >= 4 is 28.2 Å². The molecule has 0 radical (unpaired) electrons. The van der Waals surface area contributed by atoms with Crippen LogP contribution in [0, 0.1) is 0 Å². The molecule has 0 atom stereocenters. The number of thiophene rings is 1. The first-order valence-electron chi connectivity index (χ1n) is 10.5. The number of hydrogen-bond donors (Lipinski definition) is 3. The number of benzene rings is 2. The normalized spacial score (nSPS) is 16.1. The molecule has 0 unspecified atom stereocenters.